The number of hydrogen-bond donors (Lipinski definition) is 1. The average molecular weight is 447 g/mol. The van der Waals surface area contributed by atoms with E-state index in [-0.39, 0.29) is 0 Å². The highest BCUT2D eigenvalue weighted by Gasteiger charge is 2.26. The first-order chi connectivity index (χ1) is 15.8. The van der Waals surface area contributed by atoms with Crippen LogP contribution in [-0.2, 0) is 19.5 Å². The van der Waals surface area contributed by atoms with Crippen molar-refractivity contribution in [3.8, 4) is 11.4 Å². The average Bonchev–Trinajstić information content (AvgIpc) is 3.48. The Morgan fingerprint density at radius 3 is 2.62 bits per heavy atom. The highest BCUT2D eigenvalue weighted by Crippen LogP contribution is 2.35. The topological polar surface area (TPSA) is 75.0 Å². The summed E-state index contributed by atoms with van der Waals surface area (Å²) in [5.74, 6) is 3.79. The third-order valence-corrected chi connectivity index (χ3v) is 7.42. The highest BCUT2D eigenvalue weighted by molar-refractivity contribution is 7.18. The minimum Gasteiger partial charge on any atom is -0.347 e. The monoisotopic (exact) mass is 446 g/mol. The molecular formula is C23H26N8S. The number of aromatic nitrogens is 5. The molecule has 2 aliphatic heterocycles. The molecule has 1 N–H and O–H groups in total. The number of aryl methyl sites for hydroxylation is 1. The number of fused-ring (bicyclic) bond motifs is 2. The van der Waals surface area contributed by atoms with Gasteiger partial charge in [0.1, 0.15) is 10.6 Å². The summed E-state index contributed by atoms with van der Waals surface area (Å²) in [6, 6.07) is 12.6. The molecule has 5 heterocycles. The van der Waals surface area contributed by atoms with Gasteiger partial charge in [-0.25, -0.2) is 4.98 Å². The van der Waals surface area contributed by atoms with E-state index in [1.54, 1.807) is 11.3 Å². The SMILES string of the molecule is CCc1cc2c(N3CCn4c(nnc4-c4ccccc4)C3)nc(N3CCNCC3)nc2s1. The molecule has 0 radical (unpaired) electrons. The molecule has 2 aliphatic rings. The minimum absolute atomic E-state index is 0.699. The summed E-state index contributed by atoms with van der Waals surface area (Å²) in [6.07, 6.45) is 1.01. The van der Waals surface area contributed by atoms with Gasteiger partial charge in [-0.15, -0.1) is 21.5 Å². The Bertz CT molecular complexity index is 1240. The maximum Gasteiger partial charge on any atom is 0.228 e. The Hall–Kier alpha value is -3.04. The van der Waals surface area contributed by atoms with Gasteiger partial charge in [0.15, 0.2) is 11.6 Å². The van der Waals surface area contributed by atoms with Gasteiger partial charge in [-0.3, -0.25) is 0 Å². The van der Waals surface area contributed by atoms with Gasteiger partial charge >= 0.3 is 0 Å². The van der Waals surface area contributed by atoms with Gasteiger partial charge in [0, 0.05) is 49.7 Å². The van der Waals surface area contributed by atoms with Crippen LogP contribution < -0.4 is 15.1 Å². The summed E-state index contributed by atoms with van der Waals surface area (Å²) in [4.78, 5) is 17.1. The summed E-state index contributed by atoms with van der Waals surface area (Å²) < 4.78 is 2.24. The molecule has 0 bridgehead atoms. The second kappa shape index (κ2) is 8.14. The molecule has 0 aliphatic carbocycles. The van der Waals surface area contributed by atoms with Crippen molar-refractivity contribution >= 4 is 33.3 Å². The largest absolute Gasteiger partial charge is 0.347 e. The summed E-state index contributed by atoms with van der Waals surface area (Å²) >= 11 is 1.79. The lowest BCUT2D eigenvalue weighted by molar-refractivity contribution is 0.558. The Labute approximate surface area is 190 Å². The molecule has 32 heavy (non-hydrogen) atoms. The first-order valence-corrected chi connectivity index (χ1v) is 12.1. The zero-order valence-electron chi connectivity index (χ0n) is 18.2. The molecule has 1 fully saturated rings. The molecule has 164 valence electrons. The Kier molecular flexibility index (Phi) is 4.99. The summed E-state index contributed by atoms with van der Waals surface area (Å²) in [7, 11) is 0. The van der Waals surface area contributed by atoms with Gasteiger partial charge < -0.3 is 19.7 Å². The fourth-order valence-electron chi connectivity index (χ4n) is 4.51. The van der Waals surface area contributed by atoms with Crippen molar-refractivity contribution in [2.45, 2.75) is 26.4 Å². The molecule has 1 aromatic carbocycles. The number of nitrogens with one attached hydrogen (secondary N) is 1. The maximum absolute atomic E-state index is 5.10. The lowest BCUT2D eigenvalue weighted by Gasteiger charge is -2.31. The number of benzene rings is 1. The molecule has 1 saturated heterocycles. The van der Waals surface area contributed by atoms with Crippen molar-refractivity contribution in [2.24, 2.45) is 0 Å². The lowest BCUT2D eigenvalue weighted by atomic mass is 10.2. The van der Waals surface area contributed by atoms with Crippen LogP contribution in [0.3, 0.4) is 0 Å². The van der Waals surface area contributed by atoms with Crippen LogP contribution in [-0.4, -0.2) is 57.5 Å². The van der Waals surface area contributed by atoms with Gasteiger partial charge in [-0.2, -0.15) is 4.98 Å². The predicted molar refractivity (Wildman–Crippen MR) is 128 cm³/mol. The zero-order valence-corrected chi connectivity index (χ0v) is 19.0. The van der Waals surface area contributed by atoms with E-state index in [0.717, 1.165) is 84.9 Å². The van der Waals surface area contributed by atoms with Crippen LogP contribution in [0.2, 0.25) is 0 Å². The first-order valence-electron chi connectivity index (χ1n) is 11.3. The standard InChI is InChI=1S/C23H26N8S/c1-2-17-14-18-21(25-23(26-22(18)32-17)29-10-8-24-9-11-29)30-12-13-31-19(15-30)27-28-20(31)16-6-4-3-5-7-16/h3-7,14,24H,2,8-13,15H2,1H3. The molecule has 0 spiro atoms. The molecule has 6 rings (SSSR count). The second-order valence-corrected chi connectivity index (χ2v) is 9.36. The number of nitrogens with zero attached hydrogens (tertiary/aromatic N) is 7. The molecule has 4 aromatic rings. The maximum atomic E-state index is 5.10. The summed E-state index contributed by atoms with van der Waals surface area (Å²) in [5, 5.41) is 13.6. The molecule has 0 amide bonds. The number of piperazine rings is 1. The van der Waals surface area contributed by atoms with E-state index in [1.807, 2.05) is 18.2 Å². The number of rotatable bonds is 4. The second-order valence-electron chi connectivity index (χ2n) is 8.25. The highest BCUT2D eigenvalue weighted by atomic mass is 32.1. The number of thiophene rings is 1. The smallest absolute Gasteiger partial charge is 0.228 e. The van der Waals surface area contributed by atoms with Crippen molar-refractivity contribution in [3.05, 3.63) is 47.1 Å². The van der Waals surface area contributed by atoms with E-state index < -0.39 is 0 Å². The van der Waals surface area contributed by atoms with Crippen molar-refractivity contribution in [1.82, 2.24) is 30.0 Å². The van der Waals surface area contributed by atoms with Crippen LogP contribution in [0.25, 0.3) is 21.6 Å². The molecule has 0 unspecified atom stereocenters. The zero-order chi connectivity index (χ0) is 21.5. The Balaban J connectivity index is 1.38. The van der Waals surface area contributed by atoms with E-state index in [4.69, 9.17) is 9.97 Å². The third kappa shape index (κ3) is 3.41. The molecule has 3 aromatic heterocycles. The lowest BCUT2D eigenvalue weighted by Crippen LogP contribution is -2.44. The number of anilines is 2. The Morgan fingerprint density at radius 1 is 0.969 bits per heavy atom. The van der Waals surface area contributed by atoms with Crippen molar-refractivity contribution < 1.29 is 0 Å². The molecule has 9 heteroatoms. The predicted octanol–water partition coefficient (Wildman–Crippen LogP) is 2.94. The van der Waals surface area contributed by atoms with E-state index >= 15 is 0 Å². The first kappa shape index (κ1) is 19.6. The quantitative estimate of drug-likeness (QED) is 0.517. The normalized spacial score (nSPS) is 16.5. The van der Waals surface area contributed by atoms with Crippen LogP contribution in [0.5, 0.6) is 0 Å². The van der Waals surface area contributed by atoms with E-state index in [0.29, 0.717) is 6.54 Å². The van der Waals surface area contributed by atoms with Crippen molar-refractivity contribution in [3.63, 3.8) is 0 Å². The number of hydrogen-bond acceptors (Lipinski definition) is 8. The van der Waals surface area contributed by atoms with Gasteiger partial charge in [-0.05, 0) is 12.5 Å². The molecular weight excluding hydrogens is 420 g/mol. The van der Waals surface area contributed by atoms with Crippen LogP contribution in [0.15, 0.2) is 36.4 Å². The Morgan fingerprint density at radius 2 is 1.81 bits per heavy atom. The van der Waals surface area contributed by atoms with Crippen LogP contribution in [0.1, 0.15) is 17.6 Å². The fraction of sp³-hybridized carbons (Fsp3) is 0.391. The van der Waals surface area contributed by atoms with Crippen LogP contribution in [0, 0.1) is 0 Å². The van der Waals surface area contributed by atoms with Gasteiger partial charge in [0.25, 0.3) is 0 Å². The molecule has 0 atom stereocenters. The molecule has 8 nitrogen and oxygen atoms in total. The summed E-state index contributed by atoms with van der Waals surface area (Å²) in [6.45, 7) is 8.42. The van der Waals surface area contributed by atoms with Crippen molar-refractivity contribution in [1.29, 1.82) is 0 Å². The van der Waals surface area contributed by atoms with Crippen molar-refractivity contribution in [2.75, 3.05) is 42.5 Å². The fourth-order valence-corrected chi connectivity index (χ4v) is 5.46. The van der Waals surface area contributed by atoms with Gasteiger partial charge in [0.2, 0.25) is 5.95 Å². The van der Waals surface area contributed by atoms with Crippen LogP contribution in [0.4, 0.5) is 11.8 Å². The third-order valence-electron chi connectivity index (χ3n) is 6.24. The molecule has 0 saturated carbocycles. The van der Waals surface area contributed by atoms with Gasteiger partial charge in [-0.1, -0.05) is 37.3 Å². The van der Waals surface area contributed by atoms with E-state index in [9.17, 15) is 0 Å². The van der Waals surface area contributed by atoms with E-state index in [2.05, 4.69) is 55.0 Å². The van der Waals surface area contributed by atoms with Gasteiger partial charge in [0.05, 0.1) is 11.9 Å². The minimum atomic E-state index is 0.699. The van der Waals surface area contributed by atoms with E-state index in [1.165, 1.54) is 4.88 Å². The summed E-state index contributed by atoms with van der Waals surface area (Å²) in [5.41, 5.74) is 1.11. The van der Waals surface area contributed by atoms with Crippen LogP contribution >= 0.6 is 11.3 Å².